The van der Waals surface area contributed by atoms with Gasteiger partial charge in [-0.3, -0.25) is 9.69 Å². The highest BCUT2D eigenvalue weighted by Crippen LogP contribution is 2.28. The lowest BCUT2D eigenvalue weighted by molar-refractivity contribution is -0.127. The summed E-state index contributed by atoms with van der Waals surface area (Å²) >= 11 is 5.96. The number of carbonyl (C=O) groups excluding carboxylic acids is 1. The van der Waals surface area contributed by atoms with Crippen molar-refractivity contribution in [3.8, 4) is 0 Å². The van der Waals surface area contributed by atoms with Crippen molar-refractivity contribution in [1.29, 1.82) is 0 Å². The van der Waals surface area contributed by atoms with Crippen molar-refractivity contribution in [2.45, 2.75) is 57.0 Å². The average Bonchev–Trinajstić information content (AvgIpc) is 3.15. The Kier molecular flexibility index (Phi) is 7.43. The van der Waals surface area contributed by atoms with Crippen LogP contribution in [0.4, 0.5) is 0 Å². The van der Waals surface area contributed by atoms with Gasteiger partial charge in [0.2, 0.25) is 15.9 Å². The zero-order valence-corrected chi connectivity index (χ0v) is 20.7. The molecule has 1 amide bonds. The first-order valence-corrected chi connectivity index (χ1v) is 13.3. The summed E-state index contributed by atoms with van der Waals surface area (Å²) in [5.74, 6) is 0.184. The largest absolute Gasteiger partial charge is 0.360 e. The number of halogens is 1. The molecule has 2 aliphatic heterocycles. The minimum Gasteiger partial charge on any atom is -0.360 e. The lowest BCUT2D eigenvalue weighted by Crippen LogP contribution is -2.48. The third-order valence-corrected chi connectivity index (χ3v) is 9.04. The number of aryl methyl sites for hydroxylation is 2. The molecule has 0 aliphatic carbocycles. The maximum atomic E-state index is 13.0. The second kappa shape index (κ2) is 10.1. The first kappa shape index (κ1) is 24.2. The Morgan fingerprint density at radius 3 is 2.30 bits per heavy atom. The molecule has 2 aliphatic rings. The highest BCUT2D eigenvalue weighted by Gasteiger charge is 2.36. The summed E-state index contributed by atoms with van der Waals surface area (Å²) in [6, 6.07) is 8.09. The molecule has 0 radical (unpaired) electrons. The van der Waals surface area contributed by atoms with Crippen LogP contribution >= 0.6 is 11.6 Å². The van der Waals surface area contributed by atoms with Crippen molar-refractivity contribution in [2.24, 2.45) is 5.92 Å². The van der Waals surface area contributed by atoms with E-state index in [0.29, 0.717) is 37.4 Å². The molecule has 8 nitrogen and oxygen atoms in total. The number of likely N-dealkylation sites (tertiary alicyclic amines) is 1. The molecule has 2 saturated heterocycles. The summed E-state index contributed by atoms with van der Waals surface area (Å²) in [4.78, 5) is 15.4. The molecule has 10 heteroatoms. The van der Waals surface area contributed by atoms with E-state index in [9.17, 15) is 13.2 Å². The van der Waals surface area contributed by atoms with E-state index in [1.54, 1.807) is 13.8 Å². The number of benzene rings is 1. The molecule has 0 unspecified atom stereocenters. The van der Waals surface area contributed by atoms with Gasteiger partial charge in [0.25, 0.3) is 0 Å². The maximum Gasteiger partial charge on any atom is 0.248 e. The van der Waals surface area contributed by atoms with Crippen LogP contribution in [0.1, 0.15) is 42.7 Å². The van der Waals surface area contributed by atoms with Crippen LogP contribution in [0.2, 0.25) is 5.02 Å². The minimum atomic E-state index is -3.66. The zero-order chi connectivity index (χ0) is 23.6. The second-order valence-electron chi connectivity index (χ2n) is 9.02. The maximum absolute atomic E-state index is 13.0. The summed E-state index contributed by atoms with van der Waals surface area (Å²) in [5, 5.41) is 7.71. The lowest BCUT2D eigenvalue weighted by atomic mass is 9.95. The number of hydrogen-bond acceptors (Lipinski definition) is 6. The van der Waals surface area contributed by atoms with Crippen LogP contribution < -0.4 is 5.32 Å². The van der Waals surface area contributed by atoms with Gasteiger partial charge in [0.15, 0.2) is 5.76 Å². The Morgan fingerprint density at radius 1 is 1.09 bits per heavy atom. The highest BCUT2D eigenvalue weighted by atomic mass is 35.5. The zero-order valence-electron chi connectivity index (χ0n) is 19.1. The molecule has 0 atom stereocenters. The molecule has 0 saturated carbocycles. The summed E-state index contributed by atoms with van der Waals surface area (Å²) in [6.07, 6.45) is 2.87. The molecule has 2 fully saturated rings. The number of piperidine rings is 2. The predicted molar refractivity (Wildman–Crippen MR) is 125 cm³/mol. The van der Waals surface area contributed by atoms with Crippen molar-refractivity contribution in [3.63, 3.8) is 0 Å². The van der Waals surface area contributed by atoms with Gasteiger partial charge in [0, 0.05) is 49.7 Å². The first-order valence-electron chi connectivity index (χ1n) is 11.4. The van der Waals surface area contributed by atoms with Gasteiger partial charge < -0.3 is 9.84 Å². The molecule has 2 aromatic rings. The molecular formula is C23H31ClN4O4S. The van der Waals surface area contributed by atoms with Crippen LogP contribution in [-0.4, -0.2) is 60.9 Å². The van der Waals surface area contributed by atoms with Gasteiger partial charge >= 0.3 is 0 Å². The molecule has 1 aromatic heterocycles. The highest BCUT2D eigenvalue weighted by molar-refractivity contribution is 7.89. The Balaban J connectivity index is 1.23. The summed E-state index contributed by atoms with van der Waals surface area (Å²) in [6.45, 7) is 6.63. The standard InChI is InChI=1S/C23H31ClN4O4S/c1-16-22(17(2)32-26-16)33(30,31)28-13-7-19(8-14-28)23(29)25-21-9-11-27(12-10-21)15-18-3-5-20(24)6-4-18/h3-6,19,21H,7-15H2,1-2H3,(H,25,29). The van der Waals surface area contributed by atoms with Crippen molar-refractivity contribution in [1.82, 2.24) is 19.7 Å². The van der Waals surface area contributed by atoms with E-state index >= 15 is 0 Å². The predicted octanol–water partition coefficient (Wildman–Crippen LogP) is 3.13. The normalized spacial score (nSPS) is 19.6. The number of hydrogen-bond donors (Lipinski definition) is 1. The molecule has 4 rings (SSSR count). The van der Waals surface area contributed by atoms with Crippen molar-refractivity contribution in [3.05, 3.63) is 46.3 Å². The summed E-state index contributed by atoms with van der Waals surface area (Å²) in [5.41, 5.74) is 1.61. The number of nitrogens with one attached hydrogen (secondary N) is 1. The Hall–Kier alpha value is -1.94. The van der Waals surface area contributed by atoms with Crippen molar-refractivity contribution in [2.75, 3.05) is 26.2 Å². The smallest absolute Gasteiger partial charge is 0.248 e. The SMILES string of the molecule is Cc1noc(C)c1S(=O)(=O)N1CCC(C(=O)NC2CCN(Cc3ccc(Cl)cc3)CC2)CC1. The minimum absolute atomic E-state index is 0.0422. The van der Waals surface area contributed by atoms with Gasteiger partial charge in [-0.25, -0.2) is 8.42 Å². The van der Waals surface area contributed by atoms with Crippen LogP contribution in [0, 0.1) is 19.8 Å². The van der Waals surface area contributed by atoms with E-state index in [-0.39, 0.29) is 22.8 Å². The molecule has 0 spiro atoms. The molecule has 1 aromatic carbocycles. The van der Waals surface area contributed by atoms with Gasteiger partial charge in [-0.2, -0.15) is 4.31 Å². The molecule has 180 valence electrons. The fourth-order valence-corrected chi connectivity index (χ4v) is 6.62. The van der Waals surface area contributed by atoms with Crippen LogP contribution in [0.25, 0.3) is 0 Å². The number of aromatic nitrogens is 1. The fraction of sp³-hybridized carbons (Fsp3) is 0.565. The third kappa shape index (κ3) is 5.59. The van der Waals surface area contributed by atoms with E-state index in [4.69, 9.17) is 16.1 Å². The molecule has 3 heterocycles. The van der Waals surface area contributed by atoms with Crippen LogP contribution in [0.15, 0.2) is 33.7 Å². The van der Waals surface area contributed by atoms with Crippen LogP contribution in [-0.2, 0) is 21.4 Å². The fourth-order valence-electron chi connectivity index (χ4n) is 4.73. The van der Waals surface area contributed by atoms with Gasteiger partial charge in [-0.1, -0.05) is 28.9 Å². The molecule has 1 N–H and O–H groups in total. The quantitative estimate of drug-likeness (QED) is 0.662. The Bertz CT molecular complexity index is 1050. The molecule has 0 bridgehead atoms. The average molecular weight is 495 g/mol. The number of amides is 1. The molecular weight excluding hydrogens is 464 g/mol. The molecule has 33 heavy (non-hydrogen) atoms. The number of sulfonamides is 1. The monoisotopic (exact) mass is 494 g/mol. The van der Waals surface area contributed by atoms with Crippen molar-refractivity contribution < 1.29 is 17.7 Å². The van der Waals surface area contributed by atoms with E-state index < -0.39 is 10.0 Å². The van der Waals surface area contributed by atoms with Gasteiger partial charge in [0.1, 0.15) is 10.6 Å². The van der Waals surface area contributed by atoms with E-state index in [2.05, 4.69) is 27.5 Å². The van der Waals surface area contributed by atoms with Gasteiger partial charge in [-0.05, 0) is 57.2 Å². The van der Waals surface area contributed by atoms with Gasteiger partial charge in [-0.15, -0.1) is 0 Å². The topological polar surface area (TPSA) is 95.8 Å². The van der Waals surface area contributed by atoms with Crippen LogP contribution in [0.3, 0.4) is 0 Å². The lowest BCUT2D eigenvalue weighted by Gasteiger charge is -2.34. The second-order valence-corrected chi connectivity index (χ2v) is 11.3. The van der Waals surface area contributed by atoms with Gasteiger partial charge in [0.05, 0.1) is 0 Å². The Labute approximate surface area is 200 Å². The first-order chi connectivity index (χ1) is 15.7. The number of carbonyl (C=O) groups is 1. The third-order valence-electron chi connectivity index (χ3n) is 6.64. The van der Waals surface area contributed by atoms with E-state index in [0.717, 1.165) is 37.5 Å². The summed E-state index contributed by atoms with van der Waals surface area (Å²) < 4.78 is 32.4. The van der Waals surface area contributed by atoms with Crippen molar-refractivity contribution >= 4 is 27.5 Å². The van der Waals surface area contributed by atoms with E-state index in [1.807, 2.05) is 12.1 Å². The number of nitrogens with zero attached hydrogens (tertiary/aromatic N) is 3. The van der Waals surface area contributed by atoms with E-state index in [1.165, 1.54) is 9.87 Å². The van der Waals surface area contributed by atoms with Crippen LogP contribution in [0.5, 0.6) is 0 Å². The Morgan fingerprint density at radius 2 is 1.73 bits per heavy atom. The number of rotatable bonds is 6. The summed E-state index contributed by atoms with van der Waals surface area (Å²) in [7, 11) is -3.66.